The summed E-state index contributed by atoms with van der Waals surface area (Å²) in [6, 6.07) is 10.2. The van der Waals surface area contributed by atoms with Gasteiger partial charge in [-0.25, -0.2) is 8.78 Å². The molecule has 2 heterocycles. The third-order valence-electron chi connectivity index (χ3n) is 3.45. The van der Waals surface area contributed by atoms with Crippen LogP contribution in [0, 0.1) is 18.6 Å². The van der Waals surface area contributed by atoms with Gasteiger partial charge in [-0.15, -0.1) is 0 Å². The molecule has 2 aromatic heterocycles. The molecule has 0 spiro atoms. The smallest absolute Gasteiger partial charge is 0.273 e. The molecule has 3 rings (SSSR count). The topological polar surface area (TPSA) is 77.2 Å². The van der Waals surface area contributed by atoms with Gasteiger partial charge in [-0.3, -0.25) is 9.78 Å². The van der Waals surface area contributed by atoms with Crippen molar-refractivity contribution in [1.82, 2.24) is 15.5 Å². The quantitative estimate of drug-likeness (QED) is 0.731. The average Bonchev–Trinajstić information content (AvgIpc) is 3.08. The molecule has 0 aliphatic heterocycles. The number of rotatable bonds is 6. The maximum absolute atomic E-state index is 13.5. The first-order chi connectivity index (χ1) is 12.5. The number of ether oxygens (including phenoxy) is 1. The number of pyridine rings is 1. The number of para-hydroxylation sites is 1. The van der Waals surface area contributed by atoms with E-state index >= 15 is 0 Å². The molecule has 0 bridgehead atoms. The van der Waals surface area contributed by atoms with E-state index in [4.69, 9.17) is 9.26 Å². The van der Waals surface area contributed by atoms with Crippen molar-refractivity contribution in [3.63, 3.8) is 0 Å². The van der Waals surface area contributed by atoms with Gasteiger partial charge in [0.2, 0.25) is 0 Å². The molecular formula is C18H15F2N3O3. The maximum atomic E-state index is 13.5. The molecule has 0 radical (unpaired) electrons. The number of halogens is 2. The first-order valence-electron chi connectivity index (χ1n) is 7.76. The normalized spacial score (nSPS) is 10.6. The van der Waals surface area contributed by atoms with Gasteiger partial charge in [0.1, 0.15) is 6.61 Å². The highest BCUT2D eigenvalue weighted by Gasteiger charge is 2.15. The first kappa shape index (κ1) is 17.5. The average molecular weight is 359 g/mol. The van der Waals surface area contributed by atoms with Crippen molar-refractivity contribution in [2.75, 3.05) is 0 Å². The Bertz CT molecular complexity index is 907. The summed E-state index contributed by atoms with van der Waals surface area (Å²) in [6.45, 7) is 1.82. The van der Waals surface area contributed by atoms with Crippen LogP contribution in [0.4, 0.5) is 8.78 Å². The highest BCUT2D eigenvalue weighted by atomic mass is 19.1. The lowest BCUT2D eigenvalue weighted by Crippen LogP contribution is -2.23. The molecule has 0 aliphatic carbocycles. The standard InChI is InChI=1S/C18H15F2N3O3/c1-11-4-2-5-12(22-11)9-21-18(24)16-8-13(26-23-16)10-25-17-14(19)6-3-7-15(17)20/h2-8H,9-10H2,1H3,(H,21,24). The van der Waals surface area contributed by atoms with Gasteiger partial charge in [-0.2, -0.15) is 0 Å². The summed E-state index contributed by atoms with van der Waals surface area (Å²) in [5.74, 6) is -2.46. The Hall–Kier alpha value is -3.29. The van der Waals surface area contributed by atoms with Crippen LogP contribution in [-0.2, 0) is 13.2 Å². The van der Waals surface area contributed by atoms with Crippen molar-refractivity contribution in [1.29, 1.82) is 0 Å². The van der Waals surface area contributed by atoms with Gasteiger partial charge in [-0.1, -0.05) is 17.3 Å². The molecule has 8 heteroatoms. The van der Waals surface area contributed by atoms with Gasteiger partial charge in [0.15, 0.2) is 28.8 Å². The number of amides is 1. The Labute approximate surface area is 147 Å². The summed E-state index contributed by atoms with van der Waals surface area (Å²) in [5, 5.41) is 6.29. The zero-order valence-corrected chi connectivity index (χ0v) is 13.8. The first-order valence-corrected chi connectivity index (χ1v) is 7.76. The second-order valence-corrected chi connectivity index (χ2v) is 5.47. The number of nitrogens with zero attached hydrogens (tertiary/aromatic N) is 2. The fourth-order valence-corrected chi connectivity index (χ4v) is 2.21. The maximum Gasteiger partial charge on any atom is 0.273 e. The molecule has 3 aromatic rings. The molecule has 0 aliphatic rings. The highest BCUT2D eigenvalue weighted by molar-refractivity contribution is 5.92. The summed E-state index contributed by atoms with van der Waals surface area (Å²) in [5.41, 5.74) is 1.59. The van der Waals surface area contributed by atoms with Crippen LogP contribution in [0.5, 0.6) is 5.75 Å². The number of carbonyl (C=O) groups is 1. The van der Waals surface area contributed by atoms with E-state index < -0.39 is 23.3 Å². The van der Waals surface area contributed by atoms with E-state index in [2.05, 4.69) is 15.5 Å². The molecule has 0 unspecified atom stereocenters. The van der Waals surface area contributed by atoms with Crippen LogP contribution in [0.2, 0.25) is 0 Å². The lowest BCUT2D eigenvalue weighted by Gasteiger charge is -2.05. The molecule has 1 amide bonds. The van der Waals surface area contributed by atoms with Gasteiger partial charge in [-0.05, 0) is 31.2 Å². The molecule has 134 valence electrons. The Morgan fingerprint density at radius 1 is 1.19 bits per heavy atom. The second-order valence-electron chi connectivity index (χ2n) is 5.47. The number of benzene rings is 1. The van der Waals surface area contributed by atoms with Crippen LogP contribution < -0.4 is 10.1 Å². The minimum Gasteiger partial charge on any atom is -0.479 e. The third-order valence-corrected chi connectivity index (χ3v) is 3.45. The van der Waals surface area contributed by atoms with E-state index in [1.807, 2.05) is 19.1 Å². The van der Waals surface area contributed by atoms with Crippen LogP contribution in [0.3, 0.4) is 0 Å². The third kappa shape index (κ3) is 4.21. The molecule has 0 atom stereocenters. The fourth-order valence-electron chi connectivity index (χ4n) is 2.21. The predicted octanol–water partition coefficient (Wildman–Crippen LogP) is 3.17. The number of hydrogen-bond acceptors (Lipinski definition) is 5. The lowest BCUT2D eigenvalue weighted by atomic mass is 10.3. The summed E-state index contributed by atoms with van der Waals surface area (Å²) in [6.07, 6.45) is 0. The van der Waals surface area contributed by atoms with Crippen LogP contribution >= 0.6 is 0 Å². The van der Waals surface area contributed by atoms with E-state index in [0.29, 0.717) is 5.69 Å². The minimum absolute atomic E-state index is 0.0326. The SMILES string of the molecule is Cc1cccc(CNC(=O)c2cc(COc3c(F)cccc3F)on2)n1. The molecule has 1 aromatic carbocycles. The van der Waals surface area contributed by atoms with Crippen molar-refractivity contribution in [2.24, 2.45) is 0 Å². The van der Waals surface area contributed by atoms with Crippen molar-refractivity contribution in [2.45, 2.75) is 20.1 Å². The van der Waals surface area contributed by atoms with Crippen molar-refractivity contribution in [3.8, 4) is 5.75 Å². The van der Waals surface area contributed by atoms with Crippen LogP contribution in [0.1, 0.15) is 27.6 Å². The van der Waals surface area contributed by atoms with E-state index in [-0.39, 0.29) is 24.6 Å². The Balaban J connectivity index is 1.58. The highest BCUT2D eigenvalue weighted by Crippen LogP contribution is 2.22. The predicted molar refractivity (Wildman–Crippen MR) is 87.3 cm³/mol. The Morgan fingerprint density at radius 3 is 2.65 bits per heavy atom. The number of aromatic nitrogens is 2. The van der Waals surface area contributed by atoms with Gasteiger partial charge < -0.3 is 14.6 Å². The molecule has 1 N–H and O–H groups in total. The monoisotopic (exact) mass is 359 g/mol. The van der Waals surface area contributed by atoms with E-state index in [9.17, 15) is 13.6 Å². The summed E-state index contributed by atoms with van der Waals surface area (Å²) < 4.78 is 37.0. The number of nitrogens with one attached hydrogen (secondary N) is 1. The van der Waals surface area contributed by atoms with Crippen LogP contribution in [-0.4, -0.2) is 16.0 Å². The summed E-state index contributed by atoms with van der Waals surface area (Å²) >= 11 is 0. The van der Waals surface area contributed by atoms with Gasteiger partial charge in [0.25, 0.3) is 5.91 Å². The van der Waals surface area contributed by atoms with E-state index in [1.165, 1.54) is 12.1 Å². The zero-order chi connectivity index (χ0) is 18.5. The molecule has 0 saturated heterocycles. The van der Waals surface area contributed by atoms with Crippen molar-refractivity contribution >= 4 is 5.91 Å². The summed E-state index contributed by atoms with van der Waals surface area (Å²) in [4.78, 5) is 16.4. The second kappa shape index (κ2) is 7.73. The van der Waals surface area contributed by atoms with Crippen molar-refractivity contribution < 1.29 is 22.8 Å². The van der Waals surface area contributed by atoms with Crippen LogP contribution in [0.25, 0.3) is 0 Å². The molecule has 26 heavy (non-hydrogen) atoms. The van der Waals surface area contributed by atoms with E-state index in [0.717, 1.165) is 17.8 Å². The van der Waals surface area contributed by atoms with E-state index in [1.54, 1.807) is 6.07 Å². The molecule has 0 saturated carbocycles. The van der Waals surface area contributed by atoms with Crippen molar-refractivity contribution in [3.05, 3.63) is 76.9 Å². The number of carbonyl (C=O) groups excluding carboxylic acids is 1. The van der Waals surface area contributed by atoms with Gasteiger partial charge in [0, 0.05) is 11.8 Å². The largest absolute Gasteiger partial charge is 0.479 e. The Morgan fingerprint density at radius 2 is 1.92 bits per heavy atom. The molecule has 0 fully saturated rings. The lowest BCUT2D eigenvalue weighted by molar-refractivity contribution is 0.0941. The molecule has 6 nitrogen and oxygen atoms in total. The van der Waals surface area contributed by atoms with Gasteiger partial charge >= 0.3 is 0 Å². The minimum atomic E-state index is -0.826. The van der Waals surface area contributed by atoms with Crippen LogP contribution in [0.15, 0.2) is 47.0 Å². The fraction of sp³-hybridized carbons (Fsp3) is 0.167. The summed E-state index contributed by atoms with van der Waals surface area (Å²) in [7, 11) is 0. The Kier molecular flexibility index (Phi) is 5.21. The number of hydrogen-bond donors (Lipinski definition) is 1. The number of aryl methyl sites for hydroxylation is 1. The zero-order valence-electron chi connectivity index (χ0n) is 13.8. The molecular weight excluding hydrogens is 344 g/mol. The van der Waals surface area contributed by atoms with Gasteiger partial charge in [0.05, 0.1) is 12.2 Å².